The fraction of sp³-hybridized carbons (Fsp3) is 0.161. The molecule has 6 nitrogen and oxygen atoms in total. The zero-order valence-corrected chi connectivity index (χ0v) is 21.9. The highest BCUT2D eigenvalue weighted by Crippen LogP contribution is 2.32. The van der Waals surface area contributed by atoms with Crippen molar-refractivity contribution < 1.29 is 9.53 Å². The van der Waals surface area contributed by atoms with Crippen LogP contribution in [0.1, 0.15) is 10.4 Å². The largest absolute Gasteiger partial charge is 0.457 e. The van der Waals surface area contributed by atoms with Gasteiger partial charge in [-0.2, -0.15) is 0 Å². The predicted molar refractivity (Wildman–Crippen MR) is 156 cm³/mol. The van der Waals surface area contributed by atoms with Crippen LogP contribution in [0, 0.1) is 0 Å². The number of ether oxygens (including phenoxy) is 1. The van der Waals surface area contributed by atoms with Gasteiger partial charge in [0.25, 0.3) is 5.91 Å². The summed E-state index contributed by atoms with van der Waals surface area (Å²) < 4.78 is 6.82. The Morgan fingerprint density at radius 2 is 1.55 bits per heavy atom. The molecule has 0 saturated carbocycles. The molecule has 1 fully saturated rings. The molecular formula is C31H28N4O2S. The van der Waals surface area contributed by atoms with E-state index in [4.69, 9.17) is 9.72 Å². The Hall–Kier alpha value is -4.20. The van der Waals surface area contributed by atoms with Crippen molar-refractivity contribution in [3.8, 4) is 22.1 Å². The van der Waals surface area contributed by atoms with Gasteiger partial charge in [0.05, 0.1) is 10.2 Å². The average Bonchev–Trinajstić information content (AvgIpc) is 3.39. The van der Waals surface area contributed by atoms with Gasteiger partial charge in [0, 0.05) is 48.7 Å². The summed E-state index contributed by atoms with van der Waals surface area (Å²) in [5, 5.41) is 3.93. The number of thiazole rings is 1. The molecule has 2 heterocycles. The van der Waals surface area contributed by atoms with E-state index < -0.39 is 0 Å². The number of para-hydroxylation sites is 1. The number of rotatable bonds is 6. The quantitative estimate of drug-likeness (QED) is 0.268. The van der Waals surface area contributed by atoms with Gasteiger partial charge in [0.15, 0.2) is 0 Å². The number of aromatic nitrogens is 1. The minimum Gasteiger partial charge on any atom is -0.457 e. The molecule has 6 rings (SSSR count). The highest BCUT2D eigenvalue weighted by molar-refractivity contribution is 7.21. The fourth-order valence-corrected chi connectivity index (χ4v) is 5.51. The van der Waals surface area contributed by atoms with Crippen LogP contribution in [0.5, 0.6) is 11.5 Å². The molecule has 7 heteroatoms. The van der Waals surface area contributed by atoms with Crippen LogP contribution in [0.25, 0.3) is 20.8 Å². The van der Waals surface area contributed by atoms with Crippen molar-refractivity contribution in [2.24, 2.45) is 0 Å². The van der Waals surface area contributed by atoms with E-state index in [-0.39, 0.29) is 5.91 Å². The normalized spacial score (nSPS) is 14.0. The first kappa shape index (κ1) is 24.2. The van der Waals surface area contributed by atoms with Crippen LogP contribution in [-0.4, -0.2) is 49.0 Å². The lowest BCUT2D eigenvalue weighted by Gasteiger charge is -2.34. The smallest absolute Gasteiger partial charge is 0.255 e. The highest BCUT2D eigenvalue weighted by Gasteiger charge is 2.15. The first-order chi connectivity index (χ1) is 18.6. The summed E-state index contributed by atoms with van der Waals surface area (Å²) in [6.45, 7) is 4.27. The van der Waals surface area contributed by atoms with Gasteiger partial charge in [-0.25, -0.2) is 4.98 Å². The number of hydrogen-bond donors (Lipinski definition) is 1. The van der Waals surface area contributed by atoms with E-state index in [9.17, 15) is 4.79 Å². The monoisotopic (exact) mass is 520 g/mol. The van der Waals surface area contributed by atoms with Gasteiger partial charge in [0.1, 0.15) is 16.5 Å². The van der Waals surface area contributed by atoms with Gasteiger partial charge in [0.2, 0.25) is 0 Å². The van der Waals surface area contributed by atoms with Crippen molar-refractivity contribution in [3.05, 3.63) is 103 Å². The van der Waals surface area contributed by atoms with E-state index in [1.807, 2.05) is 72.8 Å². The molecular weight excluding hydrogens is 492 g/mol. The summed E-state index contributed by atoms with van der Waals surface area (Å²) in [6, 6.07) is 31.3. The minimum absolute atomic E-state index is 0.157. The number of piperazine rings is 1. The van der Waals surface area contributed by atoms with E-state index in [0.29, 0.717) is 17.0 Å². The Bertz CT molecular complexity index is 1540. The van der Waals surface area contributed by atoms with Crippen molar-refractivity contribution in [2.75, 3.05) is 43.4 Å². The van der Waals surface area contributed by atoms with Crippen LogP contribution >= 0.6 is 11.3 Å². The van der Waals surface area contributed by atoms with Gasteiger partial charge in [-0.3, -0.25) is 4.79 Å². The van der Waals surface area contributed by atoms with Crippen molar-refractivity contribution in [2.45, 2.75) is 0 Å². The first-order valence-corrected chi connectivity index (χ1v) is 13.5. The standard InChI is InChI=1S/C31H28N4O2S/c1-34-17-19-35(20-18-34)25-12-7-22(8-13-25)31-33-28-16-9-23(21-29(28)38-31)30(36)32-24-10-14-27(15-11-24)37-26-5-3-2-4-6-26/h2-16,21H,17-20H2,1H3,(H,32,36). The number of anilines is 2. The SMILES string of the molecule is CN1CCN(c2ccc(-c3nc4ccc(C(=O)Nc5ccc(Oc6ccccc6)cc5)cc4s3)cc2)CC1. The van der Waals surface area contributed by atoms with E-state index in [1.165, 1.54) is 5.69 Å². The fourth-order valence-electron chi connectivity index (χ4n) is 4.50. The number of likely N-dealkylation sites (N-methyl/N-ethyl adjacent to an activating group) is 1. The van der Waals surface area contributed by atoms with Crippen LogP contribution in [0.2, 0.25) is 0 Å². The molecule has 1 amide bonds. The van der Waals surface area contributed by atoms with Crippen molar-refractivity contribution in [1.29, 1.82) is 0 Å². The molecule has 5 aromatic rings. The molecule has 1 saturated heterocycles. The van der Waals surface area contributed by atoms with Crippen LogP contribution in [0.4, 0.5) is 11.4 Å². The molecule has 1 aliphatic heterocycles. The highest BCUT2D eigenvalue weighted by atomic mass is 32.1. The van der Waals surface area contributed by atoms with Crippen LogP contribution in [-0.2, 0) is 0 Å². The molecule has 0 radical (unpaired) electrons. The van der Waals surface area contributed by atoms with Crippen LogP contribution in [0.15, 0.2) is 97.1 Å². The van der Waals surface area contributed by atoms with Crippen molar-refractivity contribution >= 4 is 38.8 Å². The number of amides is 1. The lowest BCUT2D eigenvalue weighted by Crippen LogP contribution is -2.44. The molecule has 38 heavy (non-hydrogen) atoms. The summed E-state index contributed by atoms with van der Waals surface area (Å²) in [5.74, 6) is 1.33. The van der Waals surface area contributed by atoms with Gasteiger partial charge in [-0.15, -0.1) is 11.3 Å². The molecule has 0 spiro atoms. The Balaban J connectivity index is 1.13. The molecule has 0 atom stereocenters. The lowest BCUT2D eigenvalue weighted by molar-refractivity contribution is 0.102. The predicted octanol–water partition coefficient (Wildman–Crippen LogP) is 6.76. The maximum absolute atomic E-state index is 13.0. The number of nitrogens with one attached hydrogen (secondary N) is 1. The zero-order valence-electron chi connectivity index (χ0n) is 21.1. The Morgan fingerprint density at radius 3 is 2.29 bits per heavy atom. The Labute approximate surface area is 226 Å². The van der Waals surface area contributed by atoms with E-state index >= 15 is 0 Å². The number of nitrogens with zero attached hydrogens (tertiary/aromatic N) is 3. The molecule has 0 unspecified atom stereocenters. The van der Waals surface area contributed by atoms with Gasteiger partial charge in [-0.1, -0.05) is 18.2 Å². The molecule has 1 aliphatic rings. The molecule has 1 N–H and O–H groups in total. The number of fused-ring (bicyclic) bond motifs is 1. The van der Waals surface area contributed by atoms with Gasteiger partial charge in [-0.05, 0) is 85.9 Å². The average molecular weight is 521 g/mol. The molecule has 0 aliphatic carbocycles. The number of benzene rings is 4. The molecule has 0 bridgehead atoms. The number of carbonyl (C=O) groups excluding carboxylic acids is 1. The Morgan fingerprint density at radius 1 is 0.842 bits per heavy atom. The lowest BCUT2D eigenvalue weighted by atomic mass is 10.2. The van der Waals surface area contributed by atoms with E-state index in [1.54, 1.807) is 11.3 Å². The number of hydrogen-bond acceptors (Lipinski definition) is 6. The van der Waals surface area contributed by atoms with Gasteiger partial charge >= 0.3 is 0 Å². The third kappa shape index (κ3) is 5.39. The van der Waals surface area contributed by atoms with E-state index in [2.05, 4.69) is 46.4 Å². The third-order valence-electron chi connectivity index (χ3n) is 6.72. The first-order valence-electron chi connectivity index (χ1n) is 12.7. The maximum atomic E-state index is 13.0. The summed E-state index contributed by atoms with van der Waals surface area (Å²) in [5.41, 5.74) is 4.55. The molecule has 1 aromatic heterocycles. The minimum atomic E-state index is -0.157. The van der Waals surface area contributed by atoms with Crippen LogP contribution < -0.4 is 15.0 Å². The van der Waals surface area contributed by atoms with E-state index in [0.717, 1.165) is 52.7 Å². The van der Waals surface area contributed by atoms with Crippen molar-refractivity contribution in [3.63, 3.8) is 0 Å². The zero-order chi connectivity index (χ0) is 25.9. The summed E-state index contributed by atoms with van der Waals surface area (Å²) >= 11 is 1.60. The molecule has 4 aromatic carbocycles. The second kappa shape index (κ2) is 10.7. The number of carbonyl (C=O) groups is 1. The summed E-state index contributed by atoms with van der Waals surface area (Å²) in [4.78, 5) is 22.6. The third-order valence-corrected chi connectivity index (χ3v) is 7.79. The summed E-state index contributed by atoms with van der Waals surface area (Å²) in [6.07, 6.45) is 0. The Kier molecular flexibility index (Phi) is 6.77. The summed E-state index contributed by atoms with van der Waals surface area (Å²) in [7, 11) is 2.17. The van der Waals surface area contributed by atoms with Crippen LogP contribution in [0.3, 0.4) is 0 Å². The topological polar surface area (TPSA) is 57.7 Å². The molecule has 190 valence electrons. The van der Waals surface area contributed by atoms with Crippen molar-refractivity contribution in [1.82, 2.24) is 9.88 Å². The second-order valence-electron chi connectivity index (χ2n) is 9.43. The second-order valence-corrected chi connectivity index (χ2v) is 10.5. The maximum Gasteiger partial charge on any atom is 0.255 e. The van der Waals surface area contributed by atoms with Gasteiger partial charge < -0.3 is 19.9 Å².